The second kappa shape index (κ2) is 6.02. The van der Waals surface area contributed by atoms with Crippen LogP contribution in [0.25, 0.3) is 0 Å². The summed E-state index contributed by atoms with van der Waals surface area (Å²) in [5, 5.41) is 3.75. The molecule has 2 aliphatic rings. The second-order valence-corrected chi connectivity index (χ2v) is 6.02. The van der Waals surface area contributed by atoms with Crippen molar-refractivity contribution in [3.8, 4) is 0 Å². The summed E-state index contributed by atoms with van der Waals surface area (Å²) in [6.07, 6.45) is 7.10. The average molecular weight is 224 g/mol. The van der Waals surface area contributed by atoms with E-state index in [2.05, 4.69) is 24.1 Å². The van der Waals surface area contributed by atoms with Gasteiger partial charge in [-0.05, 0) is 44.1 Å². The van der Waals surface area contributed by atoms with E-state index >= 15 is 0 Å². The Balaban J connectivity index is 1.60. The number of piperidine rings is 1. The van der Waals surface area contributed by atoms with Crippen molar-refractivity contribution in [3.05, 3.63) is 0 Å². The van der Waals surface area contributed by atoms with Crippen LogP contribution in [0.15, 0.2) is 0 Å². The average Bonchev–Trinajstić information content (AvgIpc) is 2.65. The van der Waals surface area contributed by atoms with Crippen LogP contribution in [0.1, 0.15) is 46.0 Å². The number of hydrogen-bond donors (Lipinski definition) is 1. The van der Waals surface area contributed by atoms with E-state index in [1.807, 2.05) is 0 Å². The first-order valence-electron chi connectivity index (χ1n) is 7.21. The largest absolute Gasteiger partial charge is 0.312 e. The fraction of sp³-hybridized carbons (Fsp3) is 1.00. The summed E-state index contributed by atoms with van der Waals surface area (Å²) < 4.78 is 0. The molecule has 1 aliphatic carbocycles. The lowest BCUT2D eigenvalue weighted by molar-refractivity contribution is 0.181. The van der Waals surface area contributed by atoms with Gasteiger partial charge in [-0.1, -0.05) is 20.3 Å². The highest BCUT2D eigenvalue weighted by Gasteiger charge is 2.22. The number of nitrogens with one attached hydrogen (secondary N) is 1. The second-order valence-electron chi connectivity index (χ2n) is 6.02. The molecule has 1 saturated carbocycles. The Kier molecular flexibility index (Phi) is 4.66. The van der Waals surface area contributed by atoms with Crippen molar-refractivity contribution >= 4 is 0 Å². The van der Waals surface area contributed by atoms with Crippen molar-refractivity contribution in [3.63, 3.8) is 0 Å². The molecule has 0 aromatic carbocycles. The van der Waals surface area contributed by atoms with Gasteiger partial charge in [0.2, 0.25) is 0 Å². The molecule has 2 nitrogen and oxygen atoms in total. The molecule has 3 atom stereocenters. The third-order valence-corrected chi connectivity index (χ3v) is 4.44. The van der Waals surface area contributed by atoms with Gasteiger partial charge in [-0.15, -0.1) is 0 Å². The van der Waals surface area contributed by atoms with Gasteiger partial charge in [0.1, 0.15) is 0 Å². The van der Waals surface area contributed by atoms with E-state index in [0.29, 0.717) is 0 Å². The standard InChI is InChI=1S/C14H28N2/c1-12-5-4-9-16(11-12)10-8-15-14-7-3-6-13(14)2/h12-15H,3-11H2,1-2H3. The van der Waals surface area contributed by atoms with E-state index in [0.717, 1.165) is 17.9 Å². The maximum Gasteiger partial charge on any atom is 0.0107 e. The molecule has 0 aromatic rings. The minimum Gasteiger partial charge on any atom is -0.312 e. The van der Waals surface area contributed by atoms with Crippen LogP contribution in [0.3, 0.4) is 0 Å². The third-order valence-electron chi connectivity index (χ3n) is 4.44. The van der Waals surface area contributed by atoms with E-state index < -0.39 is 0 Å². The maximum absolute atomic E-state index is 3.75. The van der Waals surface area contributed by atoms with E-state index in [-0.39, 0.29) is 0 Å². The minimum atomic E-state index is 0.808. The summed E-state index contributed by atoms with van der Waals surface area (Å²) in [7, 11) is 0. The number of likely N-dealkylation sites (tertiary alicyclic amines) is 1. The fourth-order valence-electron chi connectivity index (χ4n) is 3.35. The quantitative estimate of drug-likeness (QED) is 0.789. The van der Waals surface area contributed by atoms with Crippen LogP contribution in [-0.4, -0.2) is 37.1 Å². The summed E-state index contributed by atoms with van der Waals surface area (Å²) in [6.45, 7) is 9.88. The molecule has 3 unspecified atom stereocenters. The molecule has 94 valence electrons. The molecule has 1 saturated heterocycles. The van der Waals surface area contributed by atoms with Gasteiger partial charge in [-0.25, -0.2) is 0 Å². The summed E-state index contributed by atoms with van der Waals surface area (Å²) >= 11 is 0. The highest BCUT2D eigenvalue weighted by Crippen LogP contribution is 2.24. The molecular formula is C14H28N2. The summed E-state index contributed by atoms with van der Waals surface area (Å²) in [6, 6.07) is 0.808. The first-order chi connectivity index (χ1) is 7.75. The molecule has 2 rings (SSSR count). The SMILES string of the molecule is CC1CCCN(CCNC2CCCC2C)C1. The fourth-order valence-corrected chi connectivity index (χ4v) is 3.35. The number of hydrogen-bond acceptors (Lipinski definition) is 2. The van der Waals surface area contributed by atoms with Gasteiger partial charge in [-0.2, -0.15) is 0 Å². The molecule has 1 N–H and O–H groups in total. The lowest BCUT2D eigenvalue weighted by atomic mass is 10.0. The van der Waals surface area contributed by atoms with Crippen LogP contribution >= 0.6 is 0 Å². The number of nitrogens with zero attached hydrogens (tertiary/aromatic N) is 1. The molecule has 16 heavy (non-hydrogen) atoms. The zero-order valence-electron chi connectivity index (χ0n) is 11.0. The molecular weight excluding hydrogens is 196 g/mol. The summed E-state index contributed by atoms with van der Waals surface area (Å²) in [5.41, 5.74) is 0. The molecule has 1 heterocycles. The Morgan fingerprint density at radius 3 is 2.69 bits per heavy atom. The molecule has 2 heteroatoms. The minimum absolute atomic E-state index is 0.808. The first kappa shape index (κ1) is 12.4. The Labute approximate surface area is 101 Å². The first-order valence-corrected chi connectivity index (χ1v) is 7.21. The molecule has 0 radical (unpaired) electrons. The summed E-state index contributed by atoms with van der Waals surface area (Å²) in [5.74, 6) is 1.82. The van der Waals surface area contributed by atoms with Crippen LogP contribution in [0.5, 0.6) is 0 Å². The molecule has 0 spiro atoms. The van der Waals surface area contributed by atoms with Gasteiger partial charge < -0.3 is 10.2 Å². The zero-order chi connectivity index (χ0) is 11.4. The third kappa shape index (κ3) is 3.46. The molecule has 1 aliphatic heterocycles. The van der Waals surface area contributed by atoms with Crippen molar-refractivity contribution in [2.24, 2.45) is 11.8 Å². The van der Waals surface area contributed by atoms with Crippen molar-refractivity contribution in [2.45, 2.75) is 52.0 Å². The van der Waals surface area contributed by atoms with Crippen LogP contribution in [-0.2, 0) is 0 Å². The summed E-state index contributed by atoms with van der Waals surface area (Å²) in [4.78, 5) is 2.64. The zero-order valence-corrected chi connectivity index (χ0v) is 11.0. The van der Waals surface area contributed by atoms with E-state index in [4.69, 9.17) is 0 Å². The number of rotatable bonds is 4. The van der Waals surface area contributed by atoms with Gasteiger partial charge >= 0.3 is 0 Å². The monoisotopic (exact) mass is 224 g/mol. The lowest BCUT2D eigenvalue weighted by Gasteiger charge is -2.31. The highest BCUT2D eigenvalue weighted by molar-refractivity contribution is 4.80. The van der Waals surface area contributed by atoms with Gasteiger partial charge in [0.25, 0.3) is 0 Å². The Hall–Kier alpha value is -0.0800. The highest BCUT2D eigenvalue weighted by atomic mass is 15.1. The Morgan fingerprint density at radius 2 is 2.00 bits per heavy atom. The van der Waals surface area contributed by atoms with E-state index in [1.54, 1.807) is 0 Å². The van der Waals surface area contributed by atoms with Gasteiger partial charge in [0.05, 0.1) is 0 Å². The van der Waals surface area contributed by atoms with Gasteiger partial charge in [0, 0.05) is 25.7 Å². The van der Waals surface area contributed by atoms with Gasteiger partial charge in [0.15, 0.2) is 0 Å². The van der Waals surface area contributed by atoms with E-state index in [1.165, 1.54) is 58.3 Å². The Morgan fingerprint density at radius 1 is 1.12 bits per heavy atom. The van der Waals surface area contributed by atoms with Crippen LogP contribution in [0.4, 0.5) is 0 Å². The van der Waals surface area contributed by atoms with Crippen molar-refractivity contribution in [2.75, 3.05) is 26.2 Å². The lowest BCUT2D eigenvalue weighted by Crippen LogP contribution is -2.41. The van der Waals surface area contributed by atoms with Gasteiger partial charge in [-0.3, -0.25) is 0 Å². The Bertz CT molecular complexity index is 205. The molecule has 0 bridgehead atoms. The van der Waals surface area contributed by atoms with Crippen molar-refractivity contribution < 1.29 is 0 Å². The van der Waals surface area contributed by atoms with Crippen LogP contribution in [0.2, 0.25) is 0 Å². The van der Waals surface area contributed by atoms with Crippen molar-refractivity contribution in [1.82, 2.24) is 10.2 Å². The van der Waals surface area contributed by atoms with Crippen LogP contribution < -0.4 is 5.32 Å². The smallest absolute Gasteiger partial charge is 0.0107 e. The molecule has 0 aromatic heterocycles. The predicted molar refractivity (Wildman–Crippen MR) is 69.6 cm³/mol. The normalized spacial score (nSPS) is 36.8. The molecule has 0 amide bonds. The van der Waals surface area contributed by atoms with E-state index in [9.17, 15) is 0 Å². The predicted octanol–water partition coefficient (Wildman–Crippen LogP) is 2.50. The molecule has 2 fully saturated rings. The van der Waals surface area contributed by atoms with Crippen LogP contribution in [0, 0.1) is 11.8 Å². The maximum atomic E-state index is 3.75. The van der Waals surface area contributed by atoms with Crippen molar-refractivity contribution in [1.29, 1.82) is 0 Å². The topological polar surface area (TPSA) is 15.3 Å².